The highest BCUT2D eigenvalue weighted by molar-refractivity contribution is 5.92. The van der Waals surface area contributed by atoms with E-state index in [2.05, 4.69) is 46.2 Å². The molecule has 1 aromatic carbocycles. The summed E-state index contributed by atoms with van der Waals surface area (Å²) < 4.78 is 5.36. The summed E-state index contributed by atoms with van der Waals surface area (Å²) in [6.45, 7) is 5.51. The van der Waals surface area contributed by atoms with Gasteiger partial charge >= 0.3 is 0 Å². The molecule has 0 aliphatic carbocycles. The molecule has 2 atom stereocenters. The summed E-state index contributed by atoms with van der Waals surface area (Å²) in [5, 5.41) is 3.37. The van der Waals surface area contributed by atoms with Crippen LogP contribution in [0.2, 0.25) is 0 Å². The van der Waals surface area contributed by atoms with E-state index < -0.39 is 5.54 Å². The van der Waals surface area contributed by atoms with Gasteiger partial charge in [-0.2, -0.15) is 0 Å². The molecule has 192 valence electrons. The number of likely N-dealkylation sites (tertiary alicyclic amines) is 2. The average molecular weight is 484 g/mol. The van der Waals surface area contributed by atoms with Crippen LogP contribution in [0.5, 0.6) is 5.75 Å². The van der Waals surface area contributed by atoms with Crippen molar-refractivity contribution >= 4 is 11.8 Å². The maximum Gasteiger partial charge on any atom is 0.243 e. The molecule has 0 bridgehead atoms. The van der Waals surface area contributed by atoms with Crippen molar-refractivity contribution in [2.75, 3.05) is 53.9 Å². The van der Waals surface area contributed by atoms with Gasteiger partial charge in [0.15, 0.2) is 0 Å². The summed E-state index contributed by atoms with van der Waals surface area (Å²) in [7, 11) is 6.06. The number of nitrogens with zero attached hydrogens (tertiary/aromatic N) is 4. The van der Waals surface area contributed by atoms with Crippen molar-refractivity contribution in [1.29, 1.82) is 0 Å². The highest BCUT2D eigenvalue weighted by Gasteiger charge is 2.49. The quantitative estimate of drug-likeness (QED) is 0.686. The van der Waals surface area contributed by atoms with Gasteiger partial charge in [-0.25, -0.2) is 0 Å². The SMILES string of the molecule is COc1cccc(CN2CCC3(CC2)CC(=O)N2C[C@@H](N(C)C4CCN(C)CC4)C[C@H]2C(=O)N3)c1. The Morgan fingerprint density at radius 3 is 2.57 bits per heavy atom. The van der Waals surface area contributed by atoms with Crippen molar-refractivity contribution in [2.45, 2.75) is 68.7 Å². The molecule has 4 fully saturated rings. The highest BCUT2D eigenvalue weighted by Crippen LogP contribution is 2.34. The first-order valence-corrected chi connectivity index (χ1v) is 13.2. The fourth-order valence-corrected chi connectivity index (χ4v) is 6.58. The van der Waals surface area contributed by atoms with E-state index in [1.54, 1.807) is 7.11 Å². The third kappa shape index (κ3) is 5.20. The van der Waals surface area contributed by atoms with Crippen LogP contribution in [-0.4, -0.2) is 109 Å². The number of likely N-dealkylation sites (N-methyl/N-ethyl adjacent to an activating group) is 1. The van der Waals surface area contributed by atoms with E-state index in [1.165, 1.54) is 5.56 Å². The number of rotatable bonds is 5. The van der Waals surface area contributed by atoms with Gasteiger partial charge < -0.3 is 19.9 Å². The van der Waals surface area contributed by atoms with Crippen molar-refractivity contribution in [2.24, 2.45) is 0 Å². The minimum Gasteiger partial charge on any atom is -0.497 e. The maximum atomic E-state index is 13.4. The molecule has 0 saturated carbocycles. The van der Waals surface area contributed by atoms with Crippen LogP contribution >= 0.6 is 0 Å². The van der Waals surface area contributed by atoms with Gasteiger partial charge in [0, 0.05) is 38.3 Å². The molecule has 0 unspecified atom stereocenters. The topological polar surface area (TPSA) is 68.4 Å². The molecule has 2 amide bonds. The molecular weight excluding hydrogens is 442 g/mol. The number of hydrogen-bond acceptors (Lipinski definition) is 6. The van der Waals surface area contributed by atoms with Gasteiger partial charge in [0.25, 0.3) is 0 Å². The Bertz CT molecular complexity index is 895. The van der Waals surface area contributed by atoms with Gasteiger partial charge in [-0.15, -0.1) is 0 Å². The van der Waals surface area contributed by atoms with Gasteiger partial charge in [-0.05, 0) is 77.0 Å². The number of benzene rings is 1. The molecule has 0 aromatic heterocycles. The normalized spacial score (nSPS) is 28.3. The summed E-state index contributed by atoms with van der Waals surface area (Å²) in [6.07, 6.45) is 5.11. The fourth-order valence-electron chi connectivity index (χ4n) is 6.58. The Morgan fingerprint density at radius 2 is 1.86 bits per heavy atom. The highest BCUT2D eigenvalue weighted by atomic mass is 16.5. The van der Waals surface area contributed by atoms with Gasteiger partial charge in [-0.1, -0.05) is 12.1 Å². The molecule has 35 heavy (non-hydrogen) atoms. The predicted octanol–water partition coefficient (Wildman–Crippen LogP) is 1.55. The second kappa shape index (κ2) is 10.1. The van der Waals surface area contributed by atoms with Gasteiger partial charge in [0.05, 0.1) is 19.1 Å². The lowest BCUT2D eigenvalue weighted by Crippen LogP contribution is -2.56. The van der Waals surface area contributed by atoms with Crippen LogP contribution in [0.3, 0.4) is 0 Å². The van der Waals surface area contributed by atoms with Gasteiger partial charge in [0.1, 0.15) is 11.8 Å². The molecular formula is C27H41N5O3. The molecule has 4 aliphatic rings. The number of ether oxygens (including phenoxy) is 1. The Morgan fingerprint density at radius 1 is 1.11 bits per heavy atom. The van der Waals surface area contributed by atoms with E-state index in [0.717, 1.165) is 70.6 Å². The lowest BCUT2D eigenvalue weighted by molar-refractivity contribution is -0.135. The number of carbonyl (C=O) groups excluding carboxylic acids is 2. The number of nitrogens with one attached hydrogen (secondary N) is 1. The van der Waals surface area contributed by atoms with Gasteiger partial charge in [-0.3, -0.25) is 19.4 Å². The zero-order valence-electron chi connectivity index (χ0n) is 21.5. The molecule has 4 aliphatic heterocycles. The van der Waals surface area contributed by atoms with Crippen LogP contribution in [0.25, 0.3) is 0 Å². The summed E-state index contributed by atoms with van der Waals surface area (Å²) in [5.41, 5.74) is 0.820. The van der Waals surface area contributed by atoms with Crippen LogP contribution in [-0.2, 0) is 16.1 Å². The van der Waals surface area contributed by atoms with Gasteiger partial charge in [0.2, 0.25) is 11.8 Å². The summed E-state index contributed by atoms with van der Waals surface area (Å²) in [6, 6.07) is 8.67. The maximum absolute atomic E-state index is 13.4. The van der Waals surface area contributed by atoms with E-state index in [9.17, 15) is 9.59 Å². The number of hydrogen-bond donors (Lipinski definition) is 1. The fraction of sp³-hybridized carbons (Fsp3) is 0.704. The standard InChI is InChI=1S/C27H41N5O3/c1-29-11-7-21(8-12-29)30(2)22-16-24-26(34)28-27(17-25(33)32(24)19-22)9-13-31(14-10-27)18-20-5-4-6-23(15-20)35-3/h4-6,15,21-22,24H,7-14,16-19H2,1-3H3,(H,28,34)/t22-,24-/m0/s1. The second-order valence-electron chi connectivity index (χ2n) is 11.2. The lowest BCUT2D eigenvalue weighted by atomic mass is 9.84. The number of methoxy groups -OCH3 is 1. The molecule has 5 rings (SSSR count). The van der Waals surface area contributed by atoms with Crippen molar-refractivity contribution < 1.29 is 14.3 Å². The average Bonchev–Trinajstić information content (AvgIpc) is 3.28. The number of piperidine rings is 2. The zero-order chi connectivity index (χ0) is 24.6. The second-order valence-corrected chi connectivity index (χ2v) is 11.2. The Hall–Kier alpha value is -2.16. The first-order chi connectivity index (χ1) is 16.9. The van der Waals surface area contributed by atoms with Crippen LogP contribution in [0.4, 0.5) is 0 Å². The molecule has 1 aromatic rings. The first kappa shape index (κ1) is 24.5. The van der Waals surface area contributed by atoms with Crippen LogP contribution in [0.15, 0.2) is 24.3 Å². The predicted molar refractivity (Wildman–Crippen MR) is 135 cm³/mol. The molecule has 4 heterocycles. The van der Waals surface area contributed by atoms with Crippen LogP contribution in [0, 0.1) is 0 Å². The monoisotopic (exact) mass is 483 g/mol. The molecule has 8 nitrogen and oxygen atoms in total. The van der Waals surface area contributed by atoms with E-state index in [-0.39, 0.29) is 23.9 Å². The van der Waals surface area contributed by atoms with Crippen molar-refractivity contribution in [1.82, 2.24) is 24.9 Å². The molecule has 1 N–H and O–H groups in total. The van der Waals surface area contributed by atoms with Crippen molar-refractivity contribution in [3.05, 3.63) is 29.8 Å². The smallest absolute Gasteiger partial charge is 0.243 e. The summed E-state index contributed by atoms with van der Waals surface area (Å²) in [5.74, 6) is 1.07. The minimum atomic E-state index is -0.404. The third-order valence-corrected chi connectivity index (χ3v) is 8.97. The molecule has 1 spiro atoms. The largest absolute Gasteiger partial charge is 0.497 e. The molecule has 8 heteroatoms. The number of carbonyl (C=O) groups is 2. The zero-order valence-corrected chi connectivity index (χ0v) is 21.5. The van der Waals surface area contributed by atoms with E-state index in [4.69, 9.17) is 4.74 Å². The van der Waals surface area contributed by atoms with Crippen molar-refractivity contribution in [3.8, 4) is 5.75 Å². The van der Waals surface area contributed by atoms with E-state index in [0.29, 0.717) is 19.0 Å². The Labute approximate surface area is 209 Å². The van der Waals surface area contributed by atoms with Crippen LogP contribution in [0.1, 0.15) is 44.1 Å². The molecule has 0 radical (unpaired) electrons. The Kier molecular flexibility index (Phi) is 7.06. The lowest BCUT2D eigenvalue weighted by Gasteiger charge is -2.41. The summed E-state index contributed by atoms with van der Waals surface area (Å²) >= 11 is 0. The minimum absolute atomic E-state index is 0.0522. The Balaban J connectivity index is 1.18. The van der Waals surface area contributed by atoms with E-state index in [1.807, 2.05) is 17.0 Å². The van der Waals surface area contributed by atoms with E-state index >= 15 is 0 Å². The molecule has 4 saturated heterocycles. The third-order valence-electron chi connectivity index (χ3n) is 8.97. The first-order valence-electron chi connectivity index (χ1n) is 13.2. The van der Waals surface area contributed by atoms with Crippen LogP contribution < -0.4 is 10.1 Å². The summed E-state index contributed by atoms with van der Waals surface area (Å²) in [4.78, 5) is 36.0. The van der Waals surface area contributed by atoms with Crippen molar-refractivity contribution in [3.63, 3.8) is 0 Å². The number of amides is 2. The number of fused-ring (bicyclic) bond motifs is 1.